The highest BCUT2D eigenvalue weighted by Crippen LogP contribution is 2.49. The fourth-order valence-electron chi connectivity index (χ4n) is 2.36. The highest BCUT2D eigenvalue weighted by atomic mass is 16.5. The minimum atomic E-state index is -0.751. The first-order valence-electron chi connectivity index (χ1n) is 6.84. The SMILES string of the molecule is CCOC(=O)c1cc2c(OC)cc(OC)c(OC)c2c(O)c1O. The van der Waals surface area contributed by atoms with Gasteiger partial charge in [-0.2, -0.15) is 0 Å². The molecule has 0 aromatic heterocycles. The molecule has 2 aromatic rings. The zero-order chi connectivity index (χ0) is 17.1. The smallest absolute Gasteiger partial charge is 0.342 e. The standard InChI is InChI=1S/C16H18O7/c1-5-23-16(19)9-6-8-10(20-2)7-11(21-3)15(22-4)12(8)14(18)13(9)17/h6-7,17-18H,5H2,1-4H3. The van der Waals surface area contributed by atoms with E-state index in [2.05, 4.69) is 0 Å². The van der Waals surface area contributed by atoms with E-state index in [9.17, 15) is 15.0 Å². The Balaban J connectivity index is 2.90. The molecule has 0 saturated carbocycles. The van der Waals surface area contributed by atoms with Gasteiger partial charge in [0, 0.05) is 11.5 Å². The van der Waals surface area contributed by atoms with Gasteiger partial charge >= 0.3 is 5.97 Å². The van der Waals surface area contributed by atoms with Crippen LogP contribution in [0.3, 0.4) is 0 Å². The summed E-state index contributed by atoms with van der Waals surface area (Å²) in [5, 5.41) is 21.1. The maximum atomic E-state index is 11.9. The number of carbonyl (C=O) groups excluding carboxylic acids is 1. The van der Waals surface area contributed by atoms with Crippen LogP contribution in [0.5, 0.6) is 28.7 Å². The van der Waals surface area contributed by atoms with E-state index >= 15 is 0 Å². The van der Waals surface area contributed by atoms with Crippen molar-refractivity contribution in [3.8, 4) is 28.7 Å². The van der Waals surface area contributed by atoms with Crippen LogP contribution in [0.4, 0.5) is 0 Å². The van der Waals surface area contributed by atoms with Crippen LogP contribution in [-0.4, -0.2) is 44.1 Å². The van der Waals surface area contributed by atoms with Crippen LogP contribution in [0.25, 0.3) is 10.8 Å². The first-order valence-corrected chi connectivity index (χ1v) is 6.84. The van der Waals surface area contributed by atoms with Gasteiger partial charge in [-0.15, -0.1) is 0 Å². The van der Waals surface area contributed by atoms with Crippen molar-refractivity contribution < 1.29 is 34.0 Å². The molecule has 0 unspecified atom stereocenters. The van der Waals surface area contributed by atoms with E-state index in [4.69, 9.17) is 18.9 Å². The van der Waals surface area contributed by atoms with Crippen molar-refractivity contribution in [3.05, 3.63) is 17.7 Å². The van der Waals surface area contributed by atoms with Crippen LogP contribution in [0.15, 0.2) is 12.1 Å². The predicted octanol–water partition coefficient (Wildman–Crippen LogP) is 2.45. The lowest BCUT2D eigenvalue weighted by Gasteiger charge is -2.17. The minimum Gasteiger partial charge on any atom is -0.504 e. The number of benzene rings is 2. The Kier molecular flexibility index (Phi) is 4.68. The third kappa shape index (κ3) is 2.65. The van der Waals surface area contributed by atoms with Crippen LogP contribution in [-0.2, 0) is 4.74 Å². The summed E-state index contributed by atoms with van der Waals surface area (Å²) in [5.41, 5.74) is -0.164. The Morgan fingerprint density at radius 3 is 2.17 bits per heavy atom. The highest BCUT2D eigenvalue weighted by molar-refractivity contribution is 6.07. The van der Waals surface area contributed by atoms with Crippen molar-refractivity contribution in [1.82, 2.24) is 0 Å². The molecule has 0 aliphatic heterocycles. The second-order valence-electron chi connectivity index (χ2n) is 4.58. The molecule has 0 heterocycles. The molecule has 124 valence electrons. The molecule has 2 rings (SSSR count). The van der Waals surface area contributed by atoms with Crippen molar-refractivity contribution in [2.45, 2.75) is 6.92 Å². The van der Waals surface area contributed by atoms with E-state index < -0.39 is 17.5 Å². The van der Waals surface area contributed by atoms with Crippen molar-refractivity contribution in [2.75, 3.05) is 27.9 Å². The molecule has 23 heavy (non-hydrogen) atoms. The van der Waals surface area contributed by atoms with Crippen LogP contribution in [0.1, 0.15) is 17.3 Å². The molecule has 0 bridgehead atoms. The van der Waals surface area contributed by atoms with E-state index in [-0.39, 0.29) is 23.3 Å². The summed E-state index contributed by atoms with van der Waals surface area (Å²) in [5.74, 6) is -0.983. The summed E-state index contributed by atoms with van der Waals surface area (Å²) in [6, 6.07) is 2.94. The molecule has 0 aliphatic rings. The fourth-order valence-corrected chi connectivity index (χ4v) is 2.36. The van der Waals surface area contributed by atoms with E-state index in [0.29, 0.717) is 16.9 Å². The van der Waals surface area contributed by atoms with E-state index in [0.717, 1.165) is 0 Å². The van der Waals surface area contributed by atoms with Gasteiger partial charge in [-0.05, 0) is 13.0 Å². The molecule has 0 atom stereocenters. The molecular formula is C16H18O7. The summed E-state index contributed by atoms with van der Waals surface area (Å²) < 4.78 is 20.6. The number of phenolic OH excluding ortho intramolecular Hbond substituents is 2. The van der Waals surface area contributed by atoms with E-state index in [1.54, 1.807) is 13.0 Å². The van der Waals surface area contributed by atoms with Gasteiger partial charge in [-0.3, -0.25) is 0 Å². The monoisotopic (exact) mass is 322 g/mol. The summed E-state index contributed by atoms with van der Waals surface area (Å²) in [6.45, 7) is 1.78. The number of aromatic hydroxyl groups is 2. The van der Waals surface area contributed by atoms with Crippen LogP contribution in [0, 0.1) is 0 Å². The molecule has 2 aromatic carbocycles. The van der Waals surface area contributed by atoms with E-state index in [1.165, 1.54) is 27.4 Å². The number of hydrogen-bond acceptors (Lipinski definition) is 7. The zero-order valence-electron chi connectivity index (χ0n) is 13.3. The molecule has 7 nitrogen and oxygen atoms in total. The number of esters is 1. The quantitative estimate of drug-likeness (QED) is 0.645. The highest BCUT2D eigenvalue weighted by Gasteiger charge is 2.25. The molecule has 2 N–H and O–H groups in total. The molecule has 0 aliphatic carbocycles. The number of carbonyl (C=O) groups is 1. The molecule has 0 saturated heterocycles. The van der Waals surface area contributed by atoms with Crippen molar-refractivity contribution in [1.29, 1.82) is 0 Å². The van der Waals surface area contributed by atoms with Crippen LogP contribution >= 0.6 is 0 Å². The maximum absolute atomic E-state index is 11.9. The number of methoxy groups -OCH3 is 3. The molecular weight excluding hydrogens is 304 g/mol. The Bertz CT molecular complexity index is 752. The van der Waals surface area contributed by atoms with Crippen LogP contribution in [0.2, 0.25) is 0 Å². The fraction of sp³-hybridized carbons (Fsp3) is 0.312. The minimum absolute atomic E-state index is 0.139. The van der Waals surface area contributed by atoms with E-state index in [1.807, 2.05) is 0 Å². The van der Waals surface area contributed by atoms with Crippen molar-refractivity contribution >= 4 is 16.7 Å². The first kappa shape index (κ1) is 16.5. The third-order valence-corrected chi connectivity index (χ3v) is 3.39. The first-order chi connectivity index (χ1) is 11.0. The summed E-state index contributed by atoms with van der Waals surface area (Å²) in [7, 11) is 4.28. The molecule has 0 spiro atoms. The van der Waals surface area contributed by atoms with Crippen molar-refractivity contribution in [2.24, 2.45) is 0 Å². The largest absolute Gasteiger partial charge is 0.504 e. The zero-order valence-corrected chi connectivity index (χ0v) is 13.3. The Morgan fingerprint density at radius 1 is 1.00 bits per heavy atom. The molecule has 0 radical (unpaired) electrons. The van der Waals surface area contributed by atoms with Gasteiger partial charge in [-0.25, -0.2) is 4.79 Å². The summed E-state index contributed by atoms with van der Waals surface area (Å²) >= 11 is 0. The lowest BCUT2D eigenvalue weighted by molar-refractivity contribution is 0.0522. The van der Waals surface area contributed by atoms with Gasteiger partial charge in [0.25, 0.3) is 0 Å². The topological polar surface area (TPSA) is 94.5 Å². The number of fused-ring (bicyclic) bond motifs is 1. The Labute approximate surface area is 133 Å². The average molecular weight is 322 g/mol. The van der Waals surface area contributed by atoms with Gasteiger partial charge in [0.1, 0.15) is 11.3 Å². The van der Waals surface area contributed by atoms with Gasteiger partial charge in [0.2, 0.25) is 0 Å². The number of rotatable bonds is 5. The Morgan fingerprint density at radius 2 is 1.65 bits per heavy atom. The van der Waals surface area contributed by atoms with Gasteiger partial charge in [0.05, 0.1) is 33.3 Å². The molecule has 0 fully saturated rings. The number of hydrogen-bond donors (Lipinski definition) is 2. The second-order valence-corrected chi connectivity index (χ2v) is 4.58. The summed E-state index contributed by atoms with van der Waals surface area (Å²) in [4.78, 5) is 11.9. The maximum Gasteiger partial charge on any atom is 0.342 e. The predicted molar refractivity (Wildman–Crippen MR) is 82.9 cm³/mol. The second kappa shape index (κ2) is 6.51. The molecule has 0 amide bonds. The van der Waals surface area contributed by atoms with Gasteiger partial charge in [0.15, 0.2) is 23.0 Å². The summed E-state index contributed by atoms with van der Waals surface area (Å²) in [6.07, 6.45) is 0. The van der Waals surface area contributed by atoms with Gasteiger partial charge in [-0.1, -0.05) is 0 Å². The number of phenols is 2. The third-order valence-electron chi connectivity index (χ3n) is 3.39. The normalized spacial score (nSPS) is 10.4. The van der Waals surface area contributed by atoms with Crippen LogP contribution < -0.4 is 14.2 Å². The molecule has 7 heteroatoms. The van der Waals surface area contributed by atoms with Gasteiger partial charge < -0.3 is 29.2 Å². The number of ether oxygens (including phenoxy) is 4. The lowest BCUT2D eigenvalue weighted by atomic mass is 10.0. The van der Waals surface area contributed by atoms with Crippen molar-refractivity contribution in [3.63, 3.8) is 0 Å². The Hall–Kier alpha value is -2.83. The lowest BCUT2D eigenvalue weighted by Crippen LogP contribution is -2.05. The average Bonchev–Trinajstić information content (AvgIpc) is 2.56.